The lowest BCUT2D eigenvalue weighted by Gasteiger charge is -2.25. The van der Waals surface area contributed by atoms with Crippen molar-refractivity contribution < 1.29 is 33.0 Å². The van der Waals surface area contributed by atoms with E-state index in [1.54, 1.807) is 6.07 Å². The number of anilines is 1. The molecule has 1 saturated heterocycles. The second-order valence-electron chi connectivity index (χ2n) is 12.6. The van der Waals surface area contributed by atoms with Gasteiger partial charge >= 0.3 is 13.3 Å². The zero-order valence-electron chi connectivity index (χ0n) is 29.9. The molecular formula is C35H63N4O8P. The molecule has 0 aliphatic carbocycles. The third-order valence-electron chi connectivity index (χ3n) is 8.17. The number of rotatable bonds is 28. The van der Waals surface area contributed by atoms with E-state index in [4.69, 9.17) is 18.7 Å². The van der Waals surface area contributed by atoms with Crippen molar-refractivity contribution in [1.82, 2.24) is 14.9 Å². The molecular weight excluding hydrogens is 635 g/mol. The van der Waals surface area contributed by atoms with Crippen LogP contribution in [0.1, 0.15) is 123 Å². The Labute approximate surface area is 288 Å². The molecule has 0 radical (unpaired) electrons. The highest BCUT2D eigenvalue weighted by Crippen LogP contribution is 2.45. The summed E-state index contributed by atoms with van der Waals surface area (Å²) < 4.78 is 36.7. The van der Waals surface area contributed by atoms with Crippen LogP contribution < -0.4 is 16.3 Å². The Kier molecular flexibility index (Phi) is 21.9. The Morgan fingerprint density at radius 2 is 1.60 bits per heavy atom. The number of ether oxygens (including phenoxy) is 3. The molecule has 48 heavy (non-hydrogen) atoms. The molecule has 276 valence electrons. The lowest BCUT2D eigenvalue weighted by atomic mass is 10.1. The van der Waals surface area contributed by atoms with Crippen LogP contribution in [0.25, 0.3) is 0 Å². The minimum Gasteiger partial charge on any atom is -0.379 e. The van der Waals surface area contributed by atoms with E-state index in [1.807, 2.05) is 13.8 Å². The third-order valence-corrected chi connectivity index (χ3v) is 8.80. The van der Waals surface area contributed by atoms with Crippen LogP contribution in [0, 0.1) is 0 Å². The van der Waals surface area contributed by atoms with Crippen molar-refractivity contribution in [2.45, 2.75) is 142 Å². The summed E-state index contributed by atoms with van der Waals surface area (Å²) in [5.41, 5.74) is -0.599. The van der Waals surface area contributed by atoms with Gasteiger partial charge in [-0.2, -0.15) is 4.98 Å². The first-order valence-corrected chi connectivity index (χ1v) is 20.3. The summed E-state index contributed by atoms with van der Waals surface area (Å²) in [4.78, 5) is 39.9. The lowest BCUT2D eigenvalue weighted by Crippen LogP contribution is -2.41. The molecule has 12 nitrogen and oxygen atoms in total. The molecule has 0 saturated carbocycles. The maximum absolute atomic E-state index is 13.0. The van der Waals surface area contributed by atoms with Gasteiger partial charge in [0.15, 0.2) is 6.23 Å². The van der Waals surface area contributed by atoms with E-state index >= 15 is 0 Å². The zero-order valence-corrected chi connectivity index (χ0v) is 30.8. The molecule has 2 heterocycles. The van der Waals surface area contributed by atoms with Crippen LogP contribution in [0.15, 0.2) is 29.2 Å². The largest absolute Gasteiger partial charge is 0.379 e. The van der Waals surface area contributed by atoms with Crippen molar-refractivity contribution in [3.63, 3.8) is 0 Å². The van der Waals surface area contributed by atoms with Gasteiger partial charge in [-0.05, 0) is 51.5 Å². The highest BCUT2D eigenvalue weighted by molar-refractivity contribution is 7.51. The number of aromatic nitrogens is 2. The summed E-state index contributed by atoms with van der Waals surface area (Å²) >= 11 is 0. The molecule has 1 aromatic heterocycles. The van der Waals surface area contributed by atoms with Crippen molar-refractivity contribution in [2.75, 3.05) is 44.9 Å². The van der Waals surface area contributed by atoms with E-state index in [-0.39, 0.29) is 19.1 Å². The number of nitrogens with zero attached hydrogens (tertiary/aromatic N) is 2. The molecule has 0 bridgehead atoms. The van der Waals surface area contributed by atoms with Crippen molar-refractivity contribution in [3.05, 3.63) is 34.9 Å². The Balaban J connectivity index is 1.79. The fraction of sp³-hybridized carbons (Fsp3) is 0.800. The van der Waals surface area contributed by atoms with Gasteiger partial charge in [0.05, 0.1) is 6.61 Å². The summed E-state index contributed by atoms with van der Waals surface area (Å²) in [6, 6.07) is 1.64. The molecule has 1 aromatic rings. The van der Waals surface area contributed by atoms with Crippen LogP contribution in [0.2, 0.25) is 0 Å². The van der Waals surface area contributed by atoms with E-state index in [1.165, 1.54) is 75.0 Å². The fourth-order valence-corrected chi connectivity index (χ4v) is 6.32. The van der Waals surface area contributed by atoms with Gasteiger partial charge in [0, 0.05) is 32.6 Å². The minimum absolute atomic E-state index is 0.0397. The Hall–Kier alpha value is -2.08. The first-order chi connectivity index (χ1) is 23.2. The van der Waals surface area contributed by atoms with Crippen LogP contribution in [0.3, 0.4) is 0 Å². The first kappa shape index (κ1) is 42.1. The average Bonchev–Trinajstić information content (AvgIpc) is 3.37. The Bertz CT molecular complexity index is 1140. The standard InChI is InChI=1S/C35H63N4O8P/c1-5-8-9-10-11-12-13-14-15-16-17-18-19-20-21-22-25-37-31(40)28-45-33-32(47-48(4,42)43)29(27-44-7-3)46-34(33)39-26-23-30(36-24-6-2)38-35(39)41/h14-15,23,26,29,32-34H,5-13,16-22,24-25,27-28H2,1-4H3,(H,37,40)(H,42,43)(H,36,38,41)/b15-14-. The topological polar surface area (TPSA) is 150 Å². The second kappa shape index (κ2) is 25.0. The van der Waals surface area contributed by atoms with Crippen molar-refractivity contribution >= 4 is 19.3 Å². The van der Waals surface area contributed by atoms with Crippen LogP contribution >= 0.6 is 7.60 Å². The summed E-state index contributed by atoms with van der Waals surface area (Å²) in [6.45, 7) is 8.40. The number of nitrogens with one attached hydrogen (secondary N) is 2. The van der Waals surface area contributed by atoms with Crippen LogP contribution in [0.5, 0.6) is 0 Å². The van der Waals surface area contributed by atoms with Gasteiger partial charge in [-0.25, -0.2) is 4.79 Å². The van der Waals surface area contributed by atoms with Crippen molar-refractivity contribution in [3.8, 4) is 0 Å². The summed E-state index contributed by atoms with van der Waals surface area (Å²) in [5.74, 6) is 0.0908. The molecule has 5 atom stereocenters. The van der Waals surface area contributed by atoms with Gasteiger partial charge < -0.3 is 29.7 Å². The highest BCUT2D eigenvalue weighted by Gasteiger charge is 2.50. The van der Waals surface area contributed by atoms with Crippen molar-refractivity contribution in [2.24, 2.45) is 0 Å². The quantitative estimate of drug-likeness (QED) is 0.0488. The summed E-state index contributed by atoms with van der Waals surface area (Å²) in [7, 11) is -4.00. The predicted octanol–water partition coefficient (Wildman–Crippen LogP) is 6.74. The highest BCUT2D eigenvalue weighted by atomic mass is 31.2. The number of unbranched alkanes of at least 4 members (excludes halogenated alkanes) is 12. The SMILES string of the molecule is CCCCCCCC/C=C\CCCCCCCCNC(=O)COC1C(OP(C)(=O)O)C(COCC)OC1n1ccc(NCCC)nc1=O. The van der Waals surface area contributed by atoms with E-state index < -0.39 is 37.8 Å². The van der Waals surface area contributed by atoms with Crippen LogP contribution in [-0.2, 0) is 28.1 Å². The van der Waals surface area contributed by atoms with Gasteiger partial charge in [-0.1, -0.05) is 83.8 Å². The monoisotopic (exact) mass is 698 g/mol. The first-order valence-electron chi connectivity index (χ1n) is 18.3. The van der Waals surface area contributed by atoms with Gasteiger partial charge in [-0.3, -0.25) is 18.5 Å². The van der Waals surface area contributed by atoms with Crippen LogP contribution in [0.4, 0.5) is 5.82 Å². The maximum atomic E-state index is 13.0. The van der Waals surface area contributed by atoms with Crippen molar-refractivity contribution in [1.29, 1.82) is 0 Å². The second-order valence-corrected chi connectivity index (χ2v) is 14.4. The summed E-state index contributed by atoms with van der Waals surface area (Å²) in [5, 5.41) is 5.96. The van der Waals surface area contributed by atoms with E-state index in [2.05, 4.69) is 34.7 Å². The van der Waals surface area contributed by atoms with E-state index in [9.17, 15) is 19.0 Å². The maximum Gasteiger partial charge on any atom is 0.351 e. The molecule has 1 fully saturated rings. The third kappa shape index (κ3) is 17.5. The average molecular weight is 699 g/mol. The number of carbonyl (C=O) groups excluding carboxylic acids is 1. The van der Waals surface area contributed by atoms with E-state index in [0.717, 1.165) is 38.8 Å². The molecule has 2 rings (SSSR count). The molecule has 3 N–H and O–H groups in total. The molecule has 1 amide bonds. The lowest BCUT2D eigenvalue weighted by molar-refractivity contribution is -0.132. The molecule has 0 spiro atoms. The minimum atomic E-state index is -4.00. The molecule has 0 aromatic carbocycles. The Morgan fingerprint density at radius 3 is 2.21 bits per heavy atom. The smallest absolute Gasteiger partial charge is 0.351 e. The molecule has 1 aliphatic heterocycles. The van der Waals surface area contributed by atoms with Gasteiger partial charge in [0.25, 0.3) is 0 Å². The number of amides is 1. The number of carbonyl (C=O) groups is 1. The Morgan fingerprint density at radius 1 is 0.958 bits per heavy atom. The van der Waals surface area contributed by atoms with Gasteiger partial charge in [-0.15, -0.1) is 0 Å². The molecule has 13 heteroatoms. The molecule has 1 aliphatic rings. The normalized spacial score (nSPS) is 20.7. The molecule has 5 unspecified atom stereocenters. The summed E-state index contributed by atoms with van der Waals surface area (Å²) in [6.07, 6.45) is 20.1. The number of hydrogen-bond donors (Lipinski definition) is 3. The number of allylic oxidation sites excluding steroid dienone is 2. The van der Waals surface area contributed by atoms with E-state index in [0.29, 0.717) is 25.5 Å². The van der Waals surface area contributed by atoms with Gasteiger partial charge in [0.1, 0.15) is 30.7 Å². The fourth-order valence-electron chi connectivity index (χ4n) is 5.61. The van der Waals surface area contributed by atoms with Gasteiger partial charge in [0.2, 0.25) is 5.91 Å². The van der Waals surface area contributed by atoms with Crippen LogP contribution in [-0.4, -0.2) is 78.2 Å². The zero-order chi connectivity index (χ0) is 35.0. The predicted molar refractivity (Wildman–Crippen MR) is 191 cm³/mol. The number of hydrogen-bond acceptors (Lipinski definition) is 9.